The van der Waals surface area contributed by atoms with Gasteiger partial charge in [0, 0.05) is 17.6 Å². The molecule has 0 aliphatic carbocycles. The Morgan fingerprint density at radius 1 is 0.864 bits per heavy atom. The van der Waals surface area contributed by atoms with Crippen molar-refractivity contribution in [2.24, 2.45) is 0 Å². The quantitative estimate of drug-likeness (QED) is 0.328. The average molecular weight is 357 g/mol. The maximum atomic E-state index is 10.7. The van der Waals surface area contributed by atoms with Gasteiger partial charge in [-0.3, -0.25) is 0 Å². The number of aliphatic carboxylic acids is 2. The first-order valence-corrected chi connectivity index (χ1v) is 9.15. The van der Waals surface area contributed by atoms with Crippen LogP contribution >= 0.6 is 11.8 Å². The number of carbonyl (C=O) groups excluding carboxylic acids is 2. The van der Waals surface area contributed by atoms with Crippen molar-refractivity contribution in [2.75, 3.05) is 5.75 Å². The minimum Gasteiger partial charge on any atom is -0.550 e. The smallest absolute Gasteiger partial charge is 0.550 e. The molecule has 22 heavy (non-hydrogen) atoms. The number of rotatable bonds is 15. The monoisotopic (exact) mass is 356 g/mol. The van der Waals surface area contributed by atoms with Gasteiger partial charge in [0.2, 0.25) is 0 Å². The van der Waals surface area contributed by atoms with E-state index in [1.165, 1.54) is 51.4 Å². The van der Waals surface area contributed by atoms with Gasteiger partial charge in [0.05, 0.1) is 5.97 Å². The van der Waals surface area contributed by atoms with Crippen LogP contribution in [0.5, 0.6) is 0 Å². The van der Waals surface area contributed by atoms with Crippen molar-refractivity contribution in [3.63, 3.8) is 0 Å². The minimum absolute atomic E-state index is 0. The maximum Gasteiger partial charge on any atom is 2.00 e. The fraction of sp³-hybridized carbons (Fsp3) is 0.875. The zero-order valence-corrected chi connectivity index (χ0v) is 16.8. The van der Waals surface area contributed by atoms with Crippen molar-refractivity contribution >= 4 is 61.4 Å². The number of carbonyl (C=O) groups is 2. The zero-order chi connectivity index (χ0) is 15.9. The molecular weight excluding hydrogens is 328 g/mol. The van der Waals surface area contributed by atoms with Crippen LogP contribution in [0.3, 0.4) is 0 Å². The van der Waals surface area contributed by atoms with Gasteiger partial charge in [-0.05, 0) is 12.2 Å². The Kier molecular flexibility index (Phi) is 20.2. The van der Waals surface area contributed by atoms with E-state index in [0.717, 1.165) is 24.6 Å². The van der Waals surface area contributed by atoms with E-state index in [-0.39, 0.29) is 37.7 Å². The van der Waals surface area contributed by atoms with E-state index in [9.17, 15) is 19.8 Å². The molecule has 124 valence electrons. The molecule has 6 heteroatoms. The topological polar surface area (TPSA) is 80.3 Å². The molecule has 0 aliphatic heterocycles. The zero-order valence-electron chi connectivity index (χ0n) is 13.8. The summed E-state index contributed by atoms with van der Waals surface area (Å²) in [5, 5.41) is 20.1. The molecule has 1 atom stereocenters. The third kappa shape index (κ3) is 16.9. The first-order chi connectivity index (χ1) is 10.1. The van der Waals surface area contributed by atoms with E-state index < -0.39 is 23.6 Å². The van der Waals surface area contributed by atoms with Gasteiger partial charge in [0.25, 0.3) is 0 Å². The van der Waals surface area contributed by atoms with Crippen LogP contribution < -0.4 is 10.2 Å². The van der Waals surface area contributed by atoms with Crippen LogP contribution in [-0.4, -0.2) is 60.7 Å². The van der Waals surface area contributed by atoms with Crippen molar-refractivity contribution in [1.82, 2.24) is 0 Å². The van der Waals surface area contributed by atoms with E-state index in [2.05, 4.69) is 6.92 Å². The average Bonchev–Trinajstić information content (AvgIpc) is 2.42. The predicted molar refractivity (Wildman–Crippen MR) is 88.5 cm³/mol. The van der Waals surface area contributed by atoms with Gasteiger partial charge in [0.15, 0.2) is 0 Å². The molecule has 0 spiro atoms. The van der Waals surface area contributed by atoms with Gasteiger partial charge in [-0.1, -0.05) is 64.7 Å². The second-order valence-electron chi connectivity index (χ2n) is 5.44. The summed E-state index contributed by atoms with van der Waals surface area (Å²) in [6, 6.07) is 0. The van der Waals surface area contributed by atoms with Crippen LogP contribution in [0.25, 0.3) is 0 Å². The summed E-state index contributed by atoms with van der Waals surface area (Å²) in [5.74, 6) is -1.97. The fourth-order valence-corrected chi connectivity index (χ4v) is 3.22. The Morgan fingerprint density at radius 2 is 1.32 bits per heavy atom. The van der Waals surface area contributed by atoms with Crippen LogP contribution in [0.15, 0.2) is 0 Å². The second-order valence-corrected chi connectivity index (χ2v) is 6.75. The molecule has 0 fully saturated rings. The van der Waals surface area contributed by atoms with Crippen LogP contribution in [0, 0.1) is 0 Å². The molecule has 0 rings (SSSR count). The van der Waals surface area contributed by atoms with Gasteiger partial charge >= 0.3 is 37.7 Å². The first kappa shape index (κ1) is 24.8. The van der Waals surface area contributed by atoms with Crippen molar-refractivity contribution < 1.29 is 19.8 Å². The van der Waals surface area contributed by atoms with Crippen LogP contribution in [0.2, 0.25) is 0 Å². The molecule has 0 aromatic carbocycles. The van der Waals surface area contributed by atoms with Crippen molar-refractivity contribution in [1.29, 1.82) is 0 Å². The van der Waals surface area contributed by atoms with Gasteiger partial charge in [-0.25, -0.2) is 0 Å². The Morgan fingerprint density at radius 3 is 1.73 bits per heavy atom. The van der Waals surface area contributed by atoms with Crippen molar-refractivity contribution in [3.8, 4) is 0 Å². The second kappa shape index (κ2) is 17.9. The molecule has 0 heterocycles. The fourth-order valence-electron chi connectivity index (χ4n) is 2.18. The molecule has 1 unspecified atom stereocenters. The van der Waals surface area contributed by atoms with Gasteiger partial charge in [0.1, 0.15) is 0 Å². The molecule has 0 aliphatic rings. The van der Waals surface area contributed by atoms with E-state index in [4.69, 9.17) is 0 Å². The number of carboxylic acid groups (broad SMARTS) is 2. The van der Waals surface area contributed by atoms with E-state index >= 15 is 0 Å². The largest absolute Gasteiger partial charge is 2.00 e. The summed E-state index contributed by atoms with van der Waals surface area (Å²) in [4.78, 5) is 21.1. The van der Waals surface area contributed by atoms with E-state index in [0.29, 0.717) is 5.75 Å². The molecule has 0 saturated heterocycles. The number of carboxylic acids is 2. The van der Waals surface area contributed by atoms with Crippen LogP contribution in [-0.2, 0) is 9.59 Å². The molecule has 0 aromatic heterocycles. The molecule has 0 N–H and O–H groups in total. The van der Waals surface area contributed by atoms with Gasteiger partial charge < -0.3 is 19.8 Å². The van der Waals surface area contributed by atoms with Crippen LogP contribution in [0.4, 0.5) is 0 Å². The summed E-state index contributed by atoms with van der Waals surface area (Å²) >= 11 is 1.15. The van der Waals surface area contributed by atoms with Crippen molar-refractivity contribution in [3.05, 3.63) is 0 Å². The standard InChI is InChI=1S/C16H30O4S.Ca/c1-2-3-4-5-6-7-8-9-10-11-12-21-14(16(19)20)13-15(17)18;/h14H,2-13H2,1H3,(H,17,18)(H,19,20);/q;+2/p-2. The summed E-state index contributed by atoms with van der Waals surface area (Å²) in [6.45, 7) is 2.22. The summed E-state index contributed by atoms with van der Waals surface area (Å²) in [5.41, 5.74) is 0. The Bertz CT molecular complexity index is 287. The van der Waals surface area contributed by atoms with Crippen molar-refractivity contribution in [2.45, 2.75) is 82.8 Å². The molecule has 0 amide bonds. The van der Waals surface area contributed by atoms with Crippen LogP contribution in [0.1, 0.15) is 77.6 Å². The first-order valence-electron chi connectivity index (χ1n) is 8.10. The molecule has 0 radical (unpaired) electrons. The van der Waals surface area contributed by atoms with E-state index in [1.54, 1.807) is 0 Å². The SMILES string of the molecule is CCCCCCCCCCCCSC(CC(=O)[O-])C(=O)[O-].[Ca+2]. The number of unbranched alkanes of at least 4 members (excludes halogenated alkanes) is 9. The molecule has 0 saturated carbocycles. The number of hydrogen-bond donors (Lipinski definition) is 0. The minimum atomic E-state index is -1.33. The normalized spacial score (nSPS) is 11.7. The van der Waals surface area contributed by atoms with Gasteiger partial charge in [-0.2, -0.15) is 11.8 Å². The summed E-state index contributed by atoms with van der Waals surface area (Å²) in [6.07, 6.45) is 11.8. The number of hydrogen-bond acceptors (Lipinski definition) is 5. The third-order valence-electron chi connectivity index (χ3n) is 3.43. The molecule has 4 nitrogen and oxygen atoms in total. The van der Waals surface area contributed by atoms with E-state index in [1.807, 2.05) is 0 Å². The Balaban J connectivity index is 0. The molecule has 0 aromatic rings. The third-order valence-corrected chi connectivity index (χ3v) is 4.72. The number of thioether (sulfide) groups is 1. The molecule has 0 bridgehead atoms. The summed E-state index contributed by atoms with van der Waals surface area (Å²) in [7, 11) is 0. The van der Waals surface area contributed by atoms with Gasteiger partial charge in [-0.15, -0.1) is 0 Å². The molecular formula is C16H28CaO4S. The Hall–Kier alpha value is 0.550. The summed E-state index contributed by atoms with van der Waals surface area (Å²) < 4.78 is 0. The predicted octanol–water partition coefficient (Wildman–Crippen LogP) is 1.52. The Labute approximate surface area is 168 Å². The maximum absolute atomic E-state index is 10.7.